The lowest BCUT2D eigenvalue weighted by Gasteiger charge is -2.10. The van der Waals surface area contributed by atoms with Gasteiger partial charge in [-0.05, 0) is 41.9 Å². The Morgan fingerprint density at radius 2 is 2.06 bits per heavy atom. The third kappa shape index (κ3) is 2.15. The normalized spacial score (nSPS) is 12.8. The van der Waals surface area contributed by atoms with E-state index in [4.69, 9.17) is 5.73 Å². The van der Waals surface area contributed by atoms with E-state index in [2.05, 4.69) is 26.0 Å². The summed E-state index contributed by atoms with van der Waals surface area (Å²) in [4.78, 5) is 4.13. The molecule has 1 atom stereocenters. The molecule has 0 aliphatic heterocycles. The van der Waals surface area contributed by atoms with Gasteiger partial charge in [0.25, 0.3) is 0 Å². The molecule has 1 aromatic carbocycles. The minimum absolute atomic E-state index is 0.108. The first-order valence-corrected chi connectivity index (χ1v) is 6.04. The zero-order valence-corrected chi connectivity index (χ0v) is 11.4. The molecule has 0 saturated heterocycles. The summed E-state index contributed by atoms with van der Waals surface area (Å²) in [5.41, 5.74) is 5.86. The maximum Gasteiger partial charge on any atom is 0.166 e. The Morgan fingerprint density at radius 1 is 1.39 bits per heavy atom. The number of rotatable bonds is 2. The molecular formula is C11H11BrF2N4. The van der Waals surface area contributed by atoms with Gasteiger partial charge in [0.2, 0.25) is 0 Å². The lowest BCUT2D eigenvalue weighted by molar-refractivity contribution is 0.557. The van der Waals surface area contributed by atoms with E-state index in [0.717, 1.165) is 6.07 Å². The largest absolute Gasteiger partial charge is 0.322 e. The van der Waals surface area contributed by atoms with E-state index < -0.39 is 17.7 Å². The van der Waals surface area contributed by atoms with Crippen molar-refractivity contribution in [2.75, 3.05) is 0 Å². The van der Waals surface area contributed by atoms with Crippen LogP contribution in [0.25, 0.3) is 5.69 Å². The fraction of sp³-hybridized carbons (Fsp3) is 0.273. The average Bonchev–Trinajstić information content (AvgIpc) is 2.68. The molecule has 0 amide bonds. The van der Waals surface area contributed by atoms with Gasteiger partial charge in [-0.15, -0.1) is 0 Å². The van der Waals surface area contributed by atoms with Crippen LogP contribution in [0.3, 0.4) is 0 Å². The summed E-state index contributed by atoms with van der Waals surface area (Å²) >= 11 is 2.85. The van der Waals surface area contributed by atoms with Crippen LogP contribution in [0.2, 0.25) is 0 Å². The van der Waals surface area contributed by atoms with Crippen molar-refractivity contribution in [1.82, 2.24) is 14.8 Å². The Balaban J connectivity index is 2.66. The van der Waals surface area contributed by atoms with E-state index in [-0.39, 0.29) is 10.2 Å². The summed E-state index contributed by atoms with van der Waals surface area (Å²) in [6.07, 6.45) is 0. The van der Waals surface area contributed by atoms with Crippen LogP contribution in [0.5, 0.6) is 0 Å². The van der Waals surface area contributed by atoms with Crippen LogP contribution < -0.4 is 5.73 Å². The zero-order valence-electron chi connectivity index (χ0n) is 9.78. The second kappa shape index (κ2) is 4.74. The van der Waals surface area contributed by atoms with Crippen LogP contribution in [-0.2, 0) is 0 Å². The number of hydrogen-bond acceptors (Lipinski definition) is 3. The molecule has 4 nitrogen and oxygen atoms in total. The molecule has 0 aliphatic rings. The standard InChI is InChI=1S/C11H11BrF2N4/c1-5(15)11-16-6(2)17-18(11)8-4-3-7(13)9(12)10(8)14/h3-5H,15H2,1-2H3. The van der Waals surface area contributed by atoms with Crippen LogP contribution in [0, 0.1) is 18.6 Å². The average molecular weight is 317 g/mol. The van der Waals surface area contributed by atoms with Gasteiger partial charge in [-0.1, -0.05) is 0 Å². The van der Waals surface area contributed by atoms with E-state index in [0.29, 0.717) is 11.6 Å². The number of aromatic nitrogens is 3. The van der Waals surface area contributed by atoms with Crippen molar-refractivity contribution >= 4 is 15.9 Å². The van der Waals surface area contributed by atoms with Crippen molar-refractivity contribution in [2.45, 2.75) is 19.9 Å². The second-order valence-corrected chi connectivity index (χ2v) is 4.71. The van der Waals surface area contributed by atoms with E-state index in [1.54, 1.807) is 13.8 Å². The summed E-state index contributed by atoms with van der Waals surface area (Å²) in [6.45, 7) is 3.40. The molecule has 2 aromatic rings. The predicted octanol–water partition coefficient (Wildman–Crippen LogP) is 2.64. The molecule has 1 heterocycles. The van der Waals surface area contributed by atoms with Crippen LogP contribution in [0.4, 0.5) is 8.78 Å². The first kappa shape index (κ1) is 13.1. The van der Waals surface area contributed by atoms with Crippen molar-refractivity contribution in [1.29, 1.82) is 0 Å². The molecule has 0 fully saturated rings. The third-order valence-corrected chi connectivity index (χ3v) is 3.12. The van der Waals surface area contributed by atoms with Gasteiger partial charge in [0.05, 0.1) is 10.5 Å². The van der Waals surface area contributed by atoms with Crippen LogP contribution in [-0.4, -0.2) is 14.8 Å². The molecule has 0 spiro atoms. The summed E-state index contributed by atoms with van der Waals surface area (Å²) in [5.74, 6) is -0.510. The van der Waals surface area contributed by atoms with Gasteiger partial charge in [-0.3, -0.25) is 0 Å². The van der Waals surface area contributed by atoms with Crippen LogP contribution >= 0.6 is 15.9 Å². The Kier molecular flexibility index (Phi) is 3.45. The first-order chi connectivity index (χ1) is 8.41. The quantitative estimate of drug-likeness (QED) is 0.866. The van der Waals surface area contributed by atoms with Crippen LogP contribution in [0.15, 0.2) is 16.6 Å². The van der Waals surface area contributed by atoms with Crippen molar-refractivity contribution < 1.29 is 8.78 Å². The molecule has 7 heteroatoms. The first-order valence-electron chi connectivity index (χ1n) is 5.25. The van der Waals surface area contributed by atoms with Gasteiger partial charge < -0.3 is 5.73 Å². The summed E-state index contributed by atoms with van der Waals surface area (Å²) < 4.78 is 28.2. The van der Waals surface area contributed by atoms with Crippen LogP contribution in [0.1, 0.15) is 24.6 Å². The number of hydrogen-bond donors (Lipinski definition) is 1. The summed E-state index contributed by atoms with van der Waals surface area (Å²) in [6, 6.07) is 2.05. The molecule has 96 valence electrons. The minimum atomic E-state index is -0.734. The van der Waals surface area contributed by atoms with Crippen molar-refractivity contribution in [3.05, 3.63) is 39.9 Å². The Hall–Kier alpha value is -1.34. The smallest absolute Gasteiger partial charge is 0.166 e. The molecule has 2 rings (SSSR count). The molecule has 1 aromatic heterocycles. The SMILES string of the molecule is Cc1nc(C(C)N)n(-c2ccc(F)c(Br)c2F)n1. The molecule has 0 bridgehead atoms. The number of halogens is 3. The fourth-order valence-electron chi connectivity index (χ4n) is 1.58. The number of benzene rings is 1. The third-order valence-electron chi connectivity index (χ3n) is 2.39. The maximum absolute atomic E-state index is 14.0. The van der Waals surface area contributed by atoms with Gasteiger partial charge >= 0.3 is 0 Å². The molecule has 0 aliphatic carbocycles. The van der Waals surface area contributed by atoms with Gasteiger partial charge in [0.15, 0.2) is 5.82 Å². The molecular weight excluding hydrogens is 306 g/mol. The number of nitrogens with two attached hydrogens (primary N) is 1. The van der Waals surface area contributed by atoms with E-state index in [1.165, 1.54) is 10.7 Å². The Labute approximate surface area is 111 Å². The van der Waals surface area contributed by atoms with Crippen molar-refractivity contribution in [2.24, 2.45) is 5.73 Å². The highest BCUT2D eigenvalue weighted by molar-refractivity contribution is 9.10. The second-order valence-electron chi connectivity index (χ2n) is 3.91. The highest BCUT2D eigenvalue weighted by atomic mass is 79.9. The monoisotopic (exact) mass is 316 g/mol. The molecule has 18 heavy (non-hydrogen) atoms. The van der Waals surface area contributed by atoms with E-state index >= 15 is 0 Å². The summed E-state index contributed by atoms with van der Waals surface area (Å²) in [5, 5.41) is 4.08. The maximum atomic E-state index is 14.0. The van der Waals surface area contributed by atoms with Crippen molar-refractivity contribution in [3.63, 3.8) is 0 Å². The number of nitrogens with zero attached hydrogens (tertiary/aromatic N) is 3. The fourth-order valence-corrected chi connectivity index (χ4v) is 1.92. The molecule has 0 saturated carbocycles. The van der Waals surface area contributed by atoms with Crippen molar-refractivity contribution in [3.8, 4) is 5.69 Å². The van der Waals surface area contributed by atoms with E-state index in [1.807, 2.05) is 0 Å². The minimum Gasteiger partial charge on any atom is -0.322 e. The summed E-state index contributed by atoms with van der Waals surface area (Å²) in [7, 11) is 0. The van der Waals surface area contributed by atoms with E-state index in [9.17, 15) is 8.78 Å². The lowest BCUT2D eigenvalue weighted by Crippen LogP contribution is -2.14. The zero-order chi connectivity index (χ0) is 13.4. The Bertz CT molecular complexity index is 595. The van der Waals surface area contributed by atoms with Gasteiger partial charge in [0.1, 0.15) is 23.2 Å². The highest BCUT2D eigenvalue weighted by Crippen LogP contribution is 2.26. The molecule has 1 unspecified atom stereocenters. The number of aryl methyl sites for hydroxylation is 1. The van der Waals surface area contributed by atoms with Gasteiger partial charge in [-0.2, -0.15) is 5.10 Å². The Morgan fingerprint density at radius 3 is 2.67 bits per heavy atom. The molecule has 2 N–H and O–H groups in total. The highest BCUT2D eigenvalue weighted by Gasteiger charge is 2.19. The molecule has 0 radical (unpaired) electrons. The van der Waals surface area contributed by atoms with Gasteiger partial charge in [0, 0.05) is 0 Å². The predicted molar refractivity (Wildman–Crippen MR) is 66.3 cm³/mol. The topological polar surface area (TPSA) is 56.7 Å². The van der Waals surface area contributed by atoms with Gasteiger partial charge in [-0.25, -0.2) is 18.4 Å². The lowest BCUT2D eigenvalue weighted by atomic mass is 10.2.